The van der Waals surface area contributed by atoms with Crippen molar-refractivity contribution in [3.05, 3.63) is 59.6 Å². The second-order valence-electron chi connectivity index (χ2n) is 8.29. The van der Waals surface area contributed by atoms with Gasteiger partial charge in [-0.1, -0.05) is 6.07 Å². The van der Waals surface area contributed by atoms with Crippen LogP contribution in [-0.2, 0) is 0 Å². The Hall–Kier alpha value is -2.54. The van der Waals surface area contributed by atoms with Gasteiger partial charge in [0, 0.05) is 33.2 Å². The number of hydrogen-bond acceptors (Lipinski definition) is 5. The van der Waals surface area contributed by atoms with E-state index in [0.29, 0.717) is 19.1 Å². The Bertz CT molecular complexity index is 1160. The molecule has 31 heavy (non-hydrogen) atoms. The third-order valence-corrected chi connectivity index (χ3v) is 7.45. The summed E-state index contributed by atoms with van der Waals surface area (Å²) in [7, 11) is 1.71. The van der Waals surface area contributed by atoms with E-state index in [0.717, 1.165) is 48.3 Å². The van der Waals surface area contributed by atoms with Crippen LogP contribution in [0.2, 0.25) is 0 Å². The first-order chi connectivity index (χ1) is 15.2. The molecule has 6 heteroatoms. The number of rotatable bonds is 7. The standard InChI is InChI=1S/C25H28N2O3S/c1-29-20-6-5-18-13-24(31-25(18)14-20)17-8-11-27(12-9-17)15-19(28)16-30-23-4-2-3-22-21(23)7-10-26-22/h2-7,10,13-14,17,19,26,28H,8-9,11-12,15-16H2,1H3/t19-/m0/s1. The number of benzene rings is 2. The Balaban J connectivity index is 1.13. The van der Waals surface area contributed by atoms with Gasteiger partial charge in [-0.25, -0.2) is 0 Å². The first kappa shape index (κ1) is 20.4. The Morgan fingerprint density at radius 2 is 2.03 bits per heavy atom. The molecule has 4 aromatic rings. The van der Waals surface area contributed by atoms with Crippen LogP contribution in [0.15, 0.2) is 54.7 Å². The summed E-state index contributed by atoms with van der Waals surface area (Å²) in [6.07, 6.45) is 3.66. The van der Waals surface area contributed by atoms with Crippen LogP contribution in [0, 0.1) is 0 Å². The highest BCUT2D eigenvalue weighted by atomic mass is 32.1. The molecule has 0 aliphatic carbocycles. The van der Waals surface area contributed by atoms with Crippen LogP contribution < -0.4 is 9.47 Å². The molecule has 0 saturated carbocycles. The second-order valence-corrected chi connectivity index (χ2v) is 9.40. The molecule has 1 saturated heterocycles. The van der Waals surface area contributed by atoms with Gasteiger partial charge in [0.05, 0.1) is 7.11 Å². The first-order valence-corrected chi connectivity index (χ1v) is 11.7. The number of aromatic amines is 1. The third-order valence-electron chi connectivity index (χ3n) is 6.19. The van der Waals surface area contributed by atoms with Crippen LogP contribution >= 0.6 is 11.3 Å². The van der Waals surface area contributed by atoms with E-state index in [1.165, 1.54) is 15.0 Å². The van der Waals surface area contributed by atoms with Crippen LogP contribution in [0.4, 0.5) is 0 Å². The molecule has 1 fully saturated rings. The molecule has 5 nitrogen and oxygen atoms in total. The maximum Gasteiger partial charge on any atom is 0.128 e. The minimum Gasteiger partial charge on any atom is -0.497 e. The molecule has 2 aromatic heterocycles. The second kappa shape index (κ2) is 8.91. The number of thiophene rings is 1. The lowest BCUT2D eigenvalue weighted by Gasteiger charge is -2.32. The maximum absolute atomic E-state index is 10.5. The van der Waals surface area contributed by atoms with Crippen molar-refractivity contribution in [2.75, 3.05) is 33.4 Å². The predicted molar refractivity (Wildman–Crippen MR) is 127 cm³/mol. The number of aliphatic hydroxyl groups excluding tert-OH is 1. The van der Waals surface area contributed by atoms with E-state index in [9.17, 15) is 5.11 Å². The SMILES string of the molecule is COc1ccc2cc(C3CCN(C[C@H](O)COc4cccc5[nH]ccc45)CC3)sc2c1. The molecule has 1 aliphatic heterocycles. The number of hydrogen-bond donors (Lipinski definition) is 2. The van der Waals surface area contributed by atoms with Gasteiger partial charge < -0.3 is 24.5 Å². The number of aromatic nitrogens is 1. The predicted octanol–water partition coefficient (Wildman–Crippen LogP) is 5.01. The number of H-pyrrole nitrogens is 1. The zero-order valence-corrected chi connectivity index (χ0v) is 18.5. The average Bonchev–Trinajstić information content (AvgIpc) is 3.44. The van der Waals surface area contributed by atoms with Gasteiger partial charge in [-0.15, -0.1) is 11.3 Å². The van der Waals surface area contributed by atoms with Crippen molar-refractivity contribution >= 4 is 32.3 Å². The van der Waals surface area contributed by atoms with E-state index in [1.807, 2.05) is 47.9 Å². The van der Waals surface area contributed by atoms with Crippen LogP contribution in [0.1, 0.15) is 23.6 Å². The fourth-order valence-electron chi connectivity index (χ4n) is 4.48. The van der Waals surface area contributed by atoms with Gasteiger partial charge >= 0.3 is 0 Å². The van der Waals surface area contributed by atoms with E-state index < -0.39 is 6.10 Å². The summed E-state index contributed by atoms with van der Waals surface area (Å²) in [6.45, 7) is 2.97. The molecule has 0 radical (unpaired) electrons. The molecular weight excluding hydrogens is 408 g/mol. The third kappa shape index (κ3) is 4.42. The maximum atomic E-state index is 10.5. The molecular formula is C25H28N2O3S. The number of piperidine rings is 1. The highest BCUT2D eigenvalue weighted by Crippen LogP contribution is 2.37. The van der Waals surface area contributed by atoms with Gasteiger partial charge in [-0.3, -0.25) is 0 Å². The van der Waals surface area contributed by atoms with Crippen LogP contribution in [0.3, 0.4) is 0 Å². The fraction of sp³-hybridized carbons (Fsp3) is 0.360. The minimum absolute atomic E-state index is 0.308. The van der Waals surface area contributed by atoms with Gasteiger partial charge in [-0.2, -0.15) is 0 Å². The molecule has 0 bridgehead atoms. The van der Waals surface area contributed by atoms with Crippen molar-refractivity contribution in [1.82, 2.24) is 9.88 Å². The normalized spacial score (nSPS) is 16.7. The topological polar surface area (TPSA) is 57.7 Å². The molecule has 2 N–H and O–H groups in total. The quantitative estimate of drug-likeness (QED) is 0.428. The van der Waals surface area contributed by atoms with Gasteiger partial charge in [-0.05, 0) is 79.7 Å². The Labute approximate surface area is 186 Å². The number of fused-ring (bicyclic) bond motifs is 2. The summed E-state index contributed by atoms with van der Waals surface area (Å²) in [5, 5.41) is 12.9. The number of ether oxygens (including phenoxy) is 2. The van der Waals surface area contributed by atoms with Crippen molar-refractivity contribution in [2.24, 2.45) is 0 Å². The highest BCUT2D eigenvalue weighted by Gasteiger charge is 2.24. The molecule has 3 heterocycles. The van der Waals surface area contributed by atoms with Crippen molar-refractivity contribution in [3.63, 3.8) is 0 Å². The van der Waals surface area contributed by atoms with Gasteiger partial charge in [0.2, 0.25) is 0 Å². The van der Waals surface area contributed by atoms with Crippen LogP contribution in [0.5, 0.6) is 11.5 Å². The van der Waals surface area contributed by atoms with E-state index in [2.05, 4.69) is 28.1 Å². The van der Waals surface area contributed by atoms with E-state index in [1.54, 1.807) is 7.11 Å². The summed E-state index contributed by atoms with van der Waals surface area (Å²) < 4.78 is 12.6. The molecule has 0 unspecified atom stereocenters. The zero-order valence-electron chi connectivity index (χ0n) is 17.7. The van der Waals surface area contributed by atoms with Crippen LogP contribution in [-0.4, -0.2) is 54.4 Å². The van der Waals surface area contributed by atoms with Crippen molar-refractivity contribution in [3.8, 4) is 11.5 Å². The summed E-state index contributed by atoms with van der Waals surface area (Å²) in [5.74, 6) is 2.33. The number of nitrogens with one attached hydrogen (secondary N) is 1. The molecule has 0 spiro atoms. The number of likely N-dealkylation sites (tertiary alicyclic amines) is 1. The lowest BCUT2D eigenvalue weighted by molar-refractivity contribution is 0.0600. The molecule has 1 atom stereocenters. The van der Waals surface area contributed by atoms with Gasteiger partial charge in [0.1, 0.15) is 24.2 Å². The molecule has 5 rings (SSSR count). The Kier molecular flexibility index (Phi) is 5.85. The first-order valence-electron chi connectivity index (χ1n) is 10.9. The van der Waals surface area contributed by atoms with E-state index >= 15 is 0 Å². The monoisotopic (exact) mass is 436 g/mol. The number of β-amino-alcohol motifs (C(OH)–C–C–N with tert-alkyl or cyclic N) is 1. The summed E-state index contributed by atoms with van der Waals surface area (Å²) in [4.78, 5) is 7.01. The highest BCUT2D eigenvalue weighted by molar-refractivity contribution is 7.19. The van der Waals surface area contributed by atoms with Gasteiger partial charge in [0.25, 0.3) is 0 Å². The summed E-state index contributed by atoms with van der Waals surface area (Å²) >= 11 is 1.89. The smallest absolute Gasteiger partial charge is 0.128 e. The van der Waals surface area contributed by atoms with E-state index in [-0.39, 0.29) is 0 Å². The summed E-state index contributed by atoms with van der Waals surface area (Å²) in [6, 6.07) is 16.6. The summed E-state index contributed by atoms with van der Waals surface area (Å²) in [5.41, 5.74) is 1.05. The molecule has 2 aromatic carbocycles. The molecule has 162 valence electrons. The zero-order chi connectivity index (χ0) is 21.2. The lowest BCUT2D eigenvalue weighted by Crippen LogP contribution is -2.40. The average molecular weight is 437 g/mol. The molecule has 0 amide bonds. The van der Waals surface area contributed by atoms with E-state index in [4.69, 9.17) is 9.47 Å². The fourth-order valence-corrected chi connectivity index (χ4v) is 5.74. The minimum atomic E-state index is -0.498. The van der Waals surface area contributed by atoms with Crippen LogP contribution in [0.25, 0.3) is 21.0 Å². The molecule has 1 aliphatic rings. The van der Waals surface area contributed by atoms with Crippen molar-refractivity contribution < 1.29 is 14.6 Å². The Morgan fingerprint density at radius 3 is 2.87 bits per heavy atom. The number of nitrogens with zero attached hydrogens (tertiary/aromatic N) is 1. The number of methoxy groups -OCH3 is 1. The largest absolute Gasteiger partial charge is 0.497 e. The van der Waals surface area contributed by atoms with Crippen molar-refractivity contribution in [1.29, 1.82) is 0 Å². The van der Waals surface area contributed by atoms with Gasteiger partial charge in [0.15, 0.2) is 0 Å². The number of aliphatic hydroxyl groups is 1. The lowest BCUT2D eigenvalue weighted by atomic mass is 9.95. The van der Waals surface area contributed by atoms with Crippen molar-refractivity contribution in [2.45, 2.75) is 24.9 Å². The Morgan fingerprint density at radius 1 is 1.16 bits per heavy atom.